The molecule has 2 N–H and O–H groups in total. The summed E-state index contributed by atoms with van der Waals surface area (Å²) in [7, 11) is 1.59. The van der Waals surface area contributed by atoms with Crippen LogP contribution in [0.25, 0.3) is 11.0 Å². The van der Waals surface area contributed by atoms with E-state index >= 15 is 0 Å². The van der Waals surface area contributed by atoms with Crippen molar-refractivity contribution in [2.75, 3.05) is 7.11 Å². The van der Waals surface area contributed by atoms with Gasteiger partial charge in [0.2, 0.25) is 0 Å². The smallest absolute Gasteiger partial charge is 0.349 e. The van der Waals surface area contributed by atoms with Gasteiger partial charge < -0.3 is 19.6 Å². The number of benzene rings is 2. The second-order valence-corrected chi connectivity index (χ2v) is 10.4. The Hall–Kier alpha value is -2.64. The van der Waals surface area contributed by atoms with Crippen molar-refractivity contribution < 1.29 is 19.4 Å². The molecule has 0 amide bonds. The van der Waals surface area contributed by atoms with Crippen LogP contribution >= 0.6 is 23.4 Å². The van der Waals surface area contributed by atoms with E-state index in [0.717, 1.165) is 54.0 Å². The number of aromatic amines is 1. The molecule has 1 aliphatic heterocycles. The maximum absolute atomic E-state index is 13.2. The molecule has 2 heterocycles. The van der Waals surface area contributed by atoms with Crippen molar-refractivity contribution in [3.8, 4) is 5.75 Å². The fraction of sp³-hybridized carbons (Fsp3) is 0.385. The van der Waals surface area contributed by atoms with Crippen LogP contribution in [0, 0.1) is 5.92 Å². The summed E-state index contributed by atoms with van der Waals surface area (Å²) >= 11 is 7.44. The second-order valence-electron chi connectivity index (χ2n) is 9.02. The van der Waals surface area contributed by atoms with Crippen molar-refractivity contribution in [1.82, 2.24) is 9.97 Å². The summed E-state index contributed by atoms with van der Waals surface area (Å²) in [6.07, 6.45) is 5.85. The van der Waals surface area contributed by atoms with E-state index in [9.17, 15) is 9.90 Å². The van der Waals surface area contributed by atoms with Crippen molar-refractivity contribution in [3.05, 3.63) is 63.7 Å². The Bertz CT molecular complexity index is 1220. The normalized spacial score (nSPS) is 21.3. The minimum Gasteiger partial charge on any atom is -0.511 e. The number of esters is 1. The van der Waals surface area contributed by atoms with Gasteiger partial charge >= 0.3 is 5.97 Å². The number of aryl methyl sites for hydroxylation is 1. The quantitative estimate of drug-likeness (QED) is 0.357. The number of imidazole rings is 1. The van der Waals surface area contributed by atoms with Gasteiger partial charge in [-0.3, -0.25) is 0 Å². The third-order valence-corrected chi connectivity index (χ3v) is 8.22. The molecule has 6 nitrogen and oxygen atoms in total. The Labute approximate surface area is 207 Å². The zero-order chi connectivity index (χ0) is 23.7. The van der Waals surface area contributed by atoms with E-state index in [2.05, 4.69) is 9.97 Å². The Balaban J connectivity index is 1.39. The average molecular weight is 499 g/mol. The Kier molecular flexibility index (Phi) is 6.49. The van der Waals surface area contributed by atoms with Crippen LogP contribution in [-0.4, -0.2) is 33.8 Å². The van der Waals surface area contributed by atoms with Gasteiger partial charge in [-0.05, 0) is 73.2 Å². The molecule has 178 valence electrons. The van der Waals surface area contributed by atoms with Gasteiger partial charge in [-0.2, -0.15) is 0 Å². The summed E-state index contributed by atoms with van der Waals surface area (Å²) in [5, 5.41) is 12.2. The number of cyclic esters (lactones) is 1. The standard InChI is InChI=1S/C26H27ClN2O4S/c1-32-22-11-10-16(14-18(22)27)12-13-26(17-6-2-3-7-17)15-21(30)23(24(31)33-26)34-25-28-19-8-4-5-9-20(19)29-25/h4-5,8-11,14,17,30H,2-3,6-7,12-13,15H2,1H3,(H,28,29). The summed E-state index contributed by atoms with van der Waals surface area (Å²) in [5.41, 5.74) is 2.02. The van der Waals surface area contributed by atoms with E-state index in [1.807, 2.05) is 42.5 Å². The number of fused-ring (bicyclic) bond motifs is 1. The highest BCUT2D eigenvalue weighted by molar-refractivity contribution is 8.03. The molecular weight excluding hydrogens is 472 g/mol. The Morgan fingerprint density at radius 3 is 2.76 bits per heavy atom. The lowest BCUT2D eigenvalue weighted by Gasteiger charge is -2.41. The molecule has 1 saturated carbocycles. The number of methoxy groups -OCH3 is 1. The molecular formula is C26H27ClN2O4S. The fourth-order valence-corrected chi connectivity index (χ4v) is 6.26. The SMILES string of the molecule is COc1ccc(CCC2(C3CCCC3)CC(O)=C(Sc3nc4ccccc4[nH]3)C(=O)O2)cc1Cl. The first-order chi connectivity index (χ1) is 16.5. The molecule has 34 heavy (non-hydrogen) atoms. The third-order valence-electron chi connectivity index (χ3n) is 6.93. The summed E-state index contributed by atoms with van der Waals surface area (Å²) < 4.78 is 11.5. The van der Waals surface area contributed by atoms with E-state index in [0.29, 0.717) is 35.2 Å². The number of nitrogens with zero attached hydrogens (tertiary/aromatic N) is 1. The Morgan fingerprint density at radius 2 is 2.06 bits per heavy atom. The van der Waals surface area contributed by atoms with Gasteiger partial charge in [0.15, 0.2) is 5.16 Å². The number of para-hydroxylation sites is 2. The van der Waals surface area contributed by atoms with E-state index in [1.165, 1.54) is 0 Å². The molecule has 0 radical (unpaired) electrons. The van der Waals surface area contributed by atoms with Crippen molar-refractivity contribution in [2.24, 2.45) is 5.92 Å². The number of carbonyl (C=O) groups excluding carboxylic acids is 1. The molecule has 1 unspecified atom stereocenters. The monoisotopic (exact) mass is 498 g/mol. The maximum atomic E-state index is 13.2. The predicted molar refractivity (Wildman–Crippen MR) is 133 cm³/mol. The van der Waals surface area contributed by atoms with Crippen molar-refractivity contribution >= 4 is 40.4 Å². The topological polar surface area (TPSA) is 84.4 Å². The van der Waals surface area contributed by atoms with Crippen LogP contribution in [0.4, 0.5) is 0 Å². The van der Waals surface area contributed by atoms with Gasteiger partial charge in [0.1, 0.15) is 22.0 Å². The summed E-state index contributed by atoms with van der Waals surface area (Å²) in [4.78, 5) is 21.1. The molecule has 1 atom stereocenters. The molecule has 0 bridgehead atoms. The predicted octanol–water partition coefficient (Wildman–Crippen LogP) is 6.60. The third kappa shape index (κ3) is 4.51. The number of rotatable bonds is 7. The summed E-state index contributed by atoms with van der Waals surface area (Å²) in [5.74, 6) is 0.466. The molecule has 0 spiro atoms. The van der Waals surface area contributed by atoms with Crippen molar-refractivity contribution in [3.63, 3.8) is 0 Å². The lowest BCUT2D eigenvalue weighted by molar-refractivity contribution is -0.166. The van der Waals surface area contributed by atoms with Gasteiger partial charge in [-0.15, -0.1) is 0 Å². The number of hydrogen-bond acceptors (Lipinski definition) is 6. The lowest BCUT2D eigenvalue weighted by atomic mass is 9.77. The lowest BCUT2D eigenvalue weighted by Crippen LogP contribution is -2.45. The number of nitrogens with one attached hydrogen (secondary N) is 1. The van der Waals surface area contributed by atoms with Gasteiger partial charge in [-0.1, -0.05) is 42.6 Å². The van der Waals surface area contributed by atoms with Gasteiger partial charge in [0.25, 0.3) is 0 Å². The van der Waals surface area contributed by atoms with Crippen LogP contribution in [0.15, 0.2) is 58.3 Å². The van der Waals surface area contributed by atoms with E-state index < -0.39 is 11.6 Å². The van der Waals surface area contributed by atoms with Crippen LogP contribution < -0.4 is 4.74 Å². The summed E-state index contributed by atoms with van der Waals surface area (Å²) in [6.45, 7) is 0. The number of thioether (sulfide) groups is 1. The maximum Gasteiger partial charge on any atom is 0.349 e. The summed E-state index contributed by atoms with van der Waals surface area (Å²) in [6, 6.07) is 13.4. The van der Waals surface area contributed by atoms with E-state index in [1.54, 1.807) is 7.11 Å². The zero-order valence-electron chi connectivity index (χ0n) is 19.0. The van der Waals surface area contributed by atoms with Crippen LogP contribution in [0.3, 0.4) is 0 Å². The zero-order valence-corrected chi connectivity index (χ0v) is 20.5. The first-order valence-electron chi connectivity index (χ1n) is 11.6. The van der Waals surface area contributed by atoms with Gasteiger partial charge in [0.05, 0.1) is 23.2 Å². The molecule has 1 fully saturated rings. The minimum absolute atomic E-state index is 0.0846. The van der Waals surface area contributed by atoms with Crippen molar-refractivity contribution in [1.29, 1.82) is 0 Å². The van der Waals surface area contributed by atoms with Gasteiger partial charge in [0, 0.05) is 6.42 Å². The molecule has 2 aliphatic rings. The molecule has 1 aromatic heterocycles. The van der Waals surface area contributed by atoms with Gasteiger partial charge in [-0.25, -0.2) is 9.78 Å². The number of aliphatic hydroxyl groups excluding tert-OH is 1. The molecule has 1 aliphatic carbocycles. The van der Waals surface area contributed by atoms with Crippen LogP contribution in [0.1, 0.15) is 44.1 Å². The number of halogens is 1. The van der Waals surface area contributed by atoms with Crippen LogP contribution in [-0.2, 0) is 16.0 Å². The molecule has 3 aromatic rings. The number of hydrogen-bond donors (Lipinski definition) is 2. The largest absolute Gasteiger partial charge is 0.511 e. The highest BCUT2D eigenvalue weighted by atomic mass is 35.5. The first kappa shape index (κ1) is 23.1. The highest BCUT2D eigenvalue weighted by Gasteiger charge is 2.48. The minimum atomic E-state index is -0.720. The molecule has 2 aromatic carbocycles. The fourth-order valence-electron chi connectivity index (χ4n) is 5.17. The Morgan fingerprint density at radius 1 is 1.26 bits per heavy atom. The van der Waals surface area contributed by atoms with E-state index in [-0.39, 0.29) is 16.6 Å². The number of aliphatic hydroxyl groups is 1. The van der Waals surface area contributed by atoms with E-state index in [4.69, 9.17) is 21.1 Å². The first-order valence-corrected chi connectivity index (χ1v) is 12.8. The number of ether oxygens (including phenoxy) is 2. The van der Waals surface area contributed by atoms with Crippen LogP contribution in [0.5, 0.6) is 5.75 Å². The second kappa shape index (κ2) is 9.55. The molecule has 5 rings (SSSR count). The number of carbonyl (C=O) groups is 1. The average Bonchev–Trinajstić information content (AvgIpc) is 3.50. The molecule has 8 heteroatoms. The highest BCUT2D eigenvalue weighted by Crippen LogP contribution is 2.47. The van der Waals surface area contributed by atoms with Crippen molar-refractivity contribution in [2.45, 2.75) is 55.7 Å². The number of aromatic nitrogens is 2. The van der Waals surface area contributed by atoms with Crippen LogP contribution in [0.2, 0.25) is 5.02 Å². The number of H-pyrrole nitrogens is 1. The molecule has 0 saturated heterocycles.